The SMILES string of the molecule is CC1(C)CCCN(C(=O)C2CC3CCCC(C2)C3N)CC1.Cl. The topological polar surface area (TPSA) is 46.3 Å². The predicted molar refractivity (Wildman–Crippen MR) is 93.0 cm³/mol. The number of nitrogens with zero attached hydrogens (tertiary/aromatic N) is 1. The second-order valence-corrected chi connectivity index (χ2v) is 8.54. The lowest BCUT2D eigenvalue weighted by Gasteiger charge is -2.44. The van der Waals surface area contributed by atoms with E-state index in [0.717, 1.165) is 38.8 Å². The fourth-order valence-corrected chi connectivity index (χ4v) is 4.89. The van der Waals surface area contributed by atoms with Gasteiger partial charge in [0.2, 0.25) is 5.91 Å². The molecule has 128 valence electrons. The number of likely N-dealkylation sites (tertiary alicyclic amines) is 1. The van der Waals surface area contributed by atoms with E-state index in [4.69, 9.17) is 5.73 Å². The van der Waals surface area contributed by atoms with Crippen LogP contribution in [0.1, 0.15) is 65.2 Å². The maximum Gasteiger partial charge on any atom is 0.225 e. The predicted octanol–water partition coefficient (Wildman–Crippen LogP) is 3.60. The van der Waals surface area contributed by atoms with Gasteiger partial charge in [0.05, 0.1) is 0 Å². The summed E-state index contributed by atoms with van der Waals surface area (Å²) in [5.41, 5.74) is 6.76. The van der Waals surface area contributed by atoms with Crippen molar-refractivity contribution in [2.24, 2.45) is 28.9 Å². The number of fused-ring (bicyclic) bond motifs is 2. The zero-order chi connectivity index (χ0) is 15.0. The van der Waals surface area contributed by atoms with E-state index in [1.54, 1.807) is 0 Å². The van der Waals surface area contributed by atoms with E-state index in [1.165, 1.54) is 25.7 Å². The largest absolute Gasteiger partial charge is 0.342 e. The molecule has 0 aromatic rings. The molecule has 2 bridgehead atoms. The summed E-state index contributed by atoms with van der Waals surface area (Å²) in [6.45, 7) is 6.61. The summed E-state index contributed by atoms with van der Waals surface area (Å²) in [7, 11) is 0. The molecule has 0 spiro atoms. The Balaban J connectivity index is 0.00000176. The van der Waals surface area contributed by atoms with Crippen molar-refractivity contribution in [1.82, 2.24) is 4.90 Å². The molecule has 0 aromatic carbocycles. The lowest BCUT2D eigenvalue weighted by Crippen LogP contribution is -2.49. The number of amides is 1. The average Bonchev–Trinajstić information content (AvgIpc) is 2.58. The van der Waals surface area contributed by atoms with Crippen LogP contribution in [0.5, 0.6) is 0 Å². The number of halogens is 1. The molecule has 1 amide bonds. The molecule has 0 aromatic heterocycles. The number of rotatable bonds is 1. The lowest BCUT2D eigenvalue weighted by atomic mass is 9.65. The molecule has 2 unspecified atom stereocenters. The van der Waals surface area contributed by atoms with E-state index in [9.17, 15) is 4.79 Å². The van der Waals surface area contributed by atoms with Crippen LogP contribution in [0.25, 0.3) is 0 Å². The quantitative estimate of drug-likeness (QED) is 0.799. The van der Waals surface area contributed by atoms with Gasteiger partial charge in [-0.3, -0.25) is 4.79 Å². The van der Waals surface area contributed by atoms with Crippen molar-refractivity contribution in [2.75, 3.05) is 13.1 Å². The molecule has 3 nitrogen and oxygen atoms in total. The second-order valence-electron chi connectivity index (χ2n) is 8.54. The third kappa shape index (κ3) is 3.79. The van der Waals surface area contributed by atoms with Gasteiger partial charge in [-0.1, -0.05) is 20.3 Å². The summed E-state index contributed by atoms with van der Waals surface area (Å²) in [5, 5.41) is 0. The first-order valence-electron chi connectivity index (χ1n) is 9.01. The van der Waals surface area contributed by atoms with Gasteiger partial charge in [-0.25, -0.2) is 0 Å². The molecular formula is C18H33ClN2O. The molecule has 2 N–H and O–H groups in total. The van der Waals surface area contributed by atoms with Crippen LogP contribution in [0.2, 0.25) is 0 Å². The molecule has 2 aliphatic carbocycles. The Kier molecular flexibility index (Phi) is 5.82. The zero-order valence-corrected chi connectivity index (χ0v) is 15.0. The highest BCUT2D eigenvalue weighted by Gasteiger charge is 2.41. The van der Waals surface area contributed by atoms with Crippen LogP contribution in [-0.4, -0.2) is 29.9 Å². The normalized spacial score (nSPS) is 37.9. The third-order valence-electron chi connectivity index (χ3n) is 6.41. The Morgan fingerprint density at radius 3 is 2.32 bits per heavy atom. The molecular weight excluding hydrogens is 296 g/mol. The van der Waals surface area contributed by atoms with Gasteiger partial charge in [0.15, 0.2) is 0 Å². The molecule has 4 heteroatoms. The van der Waals surface area contributed by atoms with Gasteiger partial charge in [-0.2, -0.15) is 0 Å². The van der Waals surface area contributed by atoms with E-state index in [-0.39, 0.29) is 18.3 Å². The minimum Gasteiger partial charge on any atom is -0.342 e. The highest BCUT2D eigenvalue weighted by atomic mass is 35.5. The van der Waals surface area contributed by atoms with E-state index in [2.05, 4.69) is 18.7 Å². The minimum atomic E-state index is 0. The van der Waals surface area contributed by atoms with Crippen molar-refractivity contribution in [3.8, 4) is 0 Å². The number of carbonyl (C=O) groups is 1. The Hall–Kier alpha value is -0.280. The molecule has 1 aliphatic heterocycles. The van der Waals surface area contributed by atoms with E-state index in [0.29, 0.717) is 29.2 Å². The lowest BCUT2D eigenvalue weighted by molar-refractivity contribution is -0.138. The fraction of sp³-hybridized carbons (Fsp3) is 0.944. The van der Waals surface area contributed by atoms with Gasteiger partial charge in [-0.15, -0.1) is 12.4 Å². The Morgan fingerprint density at radius 2 is 1.68 bits per heavy atom. The Labute approximate surface area is 141 Å². The second kappa shape index (κ2) is 7.09. The molecule has 1 heterocycles. The van der Waals surface area contributed by atoms with Crippen molar-refractivity contribution in [2.45, 2.75) is 71.3 Å². The molecule has 1 saturated heterocycles. The van der Waals surface area contributed by atoms with Gasteiger partial charge in [0.1, 0.15) is 0 Å². The van der Waals surface area contributed by atoms with Crippen LogP contribution in [0, 0.1) is 23.2 Å². The molecule has 3 rings (SSSR count). The standard InChI is InChI=1S/C18H32N2O.ClH/c1-18(2)7-4-9-20(10-8-18)17(21)15-11-13-5-3-6-14(12-15)16(13)19;/h13-16H,3-12,19H2,1-2H3;1H. The van der Waals surface area contributed by atoms with Crippen molar-refractivity contribution in [3.63, 3.8) is 0 Å². The minimum absolute atomic E-state index is 0. The summed E-state index contributed by atoms with van der Waals surface area (Å²) in [6.07, 6.45) is 9.48. The van der Waals surface area contributed by atoms with Crippen molar-refractivity contribution in [3.05, 3.63) is 0 Å². The van der Waals surface area contributed by atoms with Crippen LogP contribution < -0.4 is 5.73 Å². The van der Waals surface area contributed by atoms with E-state index in [1.807, 2.05) is 0 Å². The first kappa shape index (κ1) is 18.1. The number of nitrogens with two attached hydrogens (primary N) is 1. The summed E-state index contributed by atoms with van der Waals surface area (Å²) in [4.78, 5) is 15.1. The maximum absolute atomic E-state index is 12.9. The van der Waals surface area contributed by atoms with Gasteiger partial charge in [0.25, 0.3) is 0 Å². The maximum atomic E-state index is 12.9. The molecule has 3 aliphatic rings. The molecule has 2 saturated carbocycles. The fourth-order valence-electron chi connectivity index (χ4n) is 4.89. The van der Waals surface area contributed by atoms with Gasteiger partial charge in [-0.05, 0) is 62.2 Å². The number of hydrogen-bond acceptors (Lipinski definition) is 2. The monoisotopic (exact) mass is 328 g/mol. The Morgan fingerprint density at radius 1 is 1.05 bits per heavy atom. The molecule has 22 heavy (non-hydrogen) atoms. The first-order chi connectivity index (χ1) is 9.96. The van der Waals surface area contributed by atoms with E-state index < -0.39 is 0 Å². The van der Waals surface area contributed by atoms with Crippen molar-refractivity contribution < 1.29 is 4.79 Å². The highest BCUT2D eigenvalue weighted by molar-refractivity contribution is 5.85. The molecule has 2 atom stereocenters. The zero-order valence-electron chi connectivity index (χ0n) is 14.2. The average molecular weight is 329 g/mol. The Bertz CT molecular complexity index is 385. The summed E-state index contributed by atoms with van der Waals surface area (Å²) < 4.78 is 0. The summed E-state index contributed by atoms with van der Waals surface area (Å²) >= 11 is 0. The van der Waals surface area contributed by atoms with Crippen molar-refractivity contribution >= 4 is 18.3 Å². The van der Waals surface area contributed by atoms with Gasteiger partial charge in [0, 0.05) is 25.0 Å². The summed E-state index contributed by atoms with van der Waals surface area (Å²) in [6, 6.07) is 0.367. The van der Waals surface area contributed by atoms with E-state index >= 15 is 0 Å². The highest BCUT2D eigenvalue weighted by Crippen LogP contribution is 2.42. The molecule has 3 fully saturated rings. The molecule has 0 radical (unpaired) electrons. The van der Waals surface area contributed by atoms with Gasteiger partial charge < -0.3 is 10.6 Å². The third-order valence-corrected chi connectivity index (χ3v) is 6.41. The number of hydrogen-bond donors (Lipinski definition) is 1. The van der Waals surface area contributed by atoms with Crippen LogP contribution in [-0.2, 0) is 4.79 Å². The first-order valence-corrected chi connectivity index (χ1v) is 9.01. The van der Waals surface area contributed by atoms with Crippen LogP contribution in [0.15, 0.2) is 0 Å². The smallest absolute Gasteiger partial charge is 0.225 e. The van der Waals surface area contributed by atoms with Crippen LogP contribution >= 0.6 is 12.4 Å². The number of carbonyl (C=O) groups excluding carboxylic acids is 1. The van der Waals surface area contributed by atoms with Crippen LogP contribution in [0.4, 0.5) is 0 Å². The van der Waals surface area contributed by atoms with Crippen LogP contribution in [0.3, 0.4) is 0 Å². The van der Waals surface area contributed by atoms with Gasteiger partial charge >= 0.3 is 0 Å². The summed E-state index contributed by atoms with van der Waals surface area (Å²) in [5.74, 6) is 1.92. The van der Waals surface area contributed by atoms with Crippen molar-refractivity contribution in [1.29, 1.82) is 0 Å².